The fourth-order valence-electron chi connectivity index (χ4n) is 4.57. The van der Waals surface area contributed by atoms with Gasteiger partial charge in [-0.2, -0.15) is 0 Å². The monoisotopic (exact) mass is 468 g/mol. The van der Waals surface area contributed by atoms with Crippen LogP contribution >= 0.6 is 0 Å². The average Bonchev–Trinajstić information content (AvgIpc) is 3.54. The molecule has 0 aliphatic carbocycles. The fraction of sp³-hybridized carbons (Fsp3) is 0.259. The molecule has 0 radical (unpaired) electrons. The molecule has 0 amide bonds. The molecule has 0 fully saturated rings. The number of nitrogens with one attached hydrogen (secondary N) is 1. The topological polar surface area (TPSA) is 92.8 Å². The number of pyridine rings is 1. The summed E-state index contributed by atoms with van der Waals surface area (Å²) in [6.45, 7) is 5.63. The molecule has 3 heterocycles. The largest absolute Gasteiger partial charge is 0.468 e. The van der Waals surface area contributed by atoms with Crippen molar-refractivity contribution < 1.29 is 4.42 Å². The molecule has 5 aromatic rings. The van der Waals surface area contributed by atoms with E-state index < -0.39 is 0 Å². The van der Waals surface area contributed by atoms with E-state index in [2.05, 4.69) is 44.5 Å². The second kappa shape index (κ2) is 10.1. The Bertz CT molecular complexity index is 1460. The summed E-state index contributed by atoms with van der Waals surface area (Å²) >= 11 is 0. The number of aryl methyl sites for hydroxylation is 1. The lowest BCUT2D eigenvalue weighted by atomic mass is 10.1. The maximum atomic E-state index is 13.1. The van der Waals surface area contributed by atoms with E-state index in [1.807, 2.05) is 66.2 Å². The molecule has 0 aliphatic rings. The predicted octanol–water partition coefficient (Wildman–Crippen LogP) is 4.62. The fourth-order valence-corrected chi connectivity index (χ4v) is 4.57. The number of benzene rings is 2. The highest BCUT2D eigenvalue weighted by Gasteiger charge is 2.27. The normalized spacial score (nSPS) is 12.4. The highest BCUT2D eigenvalue weighted by atomic mass is 16.3. The van der Waals surface area contributed by atoms with E-state index in [0.717, 1.165) is 40.0 Å². The molecule has 2 aromatic carbocycles. The Morgan fingerprint density at radius 1 is 1.06 bits per heavy atom. The van der Waals surface area contributed by atoms with Crippen LogP contribution < -0.4 is 5.56 Å². The number of hydrogen-bond acceptors (Lipinski definition) is 6. The Balaban J connectivity index is 1.51. The van der Waals surface area contributed by atoms with Gasteiger partial charge in [0.25, 0.3) is 5.56 Å². The van der Waals surface area contributed by atoms with Gasteiger partial charge in [0, 0.05) is 12.1 Å². The molecule has 178 valence electrons. The Kier molecular flexibility index (Phi) is 6.54. The number of aromatic nitrogens is 5. The maximum Gasteiger partial charge on any atom is 0.252 e. The number of hydrogen-bond donors (Lipinski definition) is 1. The molecule has 0 spiro atoms. The van der Waals surface area contributed by atoms with E-state index in [-0.39, 0.29) is 11.6 Å². The van der Waals surface area contributed by atoms with Crippen LogP contribution in [0.1, 0.15) is 47.7 Å². The second-order valence-electron chi connectivity index (χ2n) is 8.75. The average molecular weight is 469 g/mol. The van der Waals surface area contributed by atoms with Gasteiger partial charge < -0.3 is 9.40 Å². The quantitative estimate of drug-likeness (QED) is 0.339. The van der Waals surface area contributed by atoms with Crippen molar-refractivity contribution in [2.45, 2.75) is 45.9 Å². The van der Waals surface area contributed by atoms with Crippen LogP contribution in [0, 0.1) is 6.92 Å². The SMILES string of the molecule is CC[C@@H](c1nnnn1Cc1ccccc1)N(Cc1ccco1)Cc1cc2cccc(C)c2[nH]c1=O. The minimum absolute atomic E-state index is 0.0880. The molecule has 0 saturated heterocycles. The van der Waals surface area contributed by atoms with Gasteiger partial charge in [-0.25, -0.2) is 4.68 Å². The number of tetrazole rings is 1. The van der Waals surface area contributed by atoms with Gasteiger partial charge in [0.15, 0.2) is 5.82 Å². The third-order valence-corrected chi connectivity index (χ3v) is 6.34. The van der Waals surface area contributed by atoms with Crippen molar-refractivity contribution in [3.8, 4) is 0 Å². The van der Waals surface area contributed by atoms with Gasteiger partial charge in [-0.3, -0.25) is 9.69 Å². The summed E-state index contributed by atoms with van der Waals surface area (Å²) in [4.78, 5) is 18.4. The van der Waals surface area contributed by atoms with Crippen LogP contribution in [0.15, 0.2) is 82.2 Å². The molecule has 0 saturated carbocycles. The van der Waals surface area contributed by atoms with Crippen LogP contribution in [0.5, 0.6) is 0 Å². The summed E-state index contributed by atoms with van der Waals surface area (Å²) in [7, 11) is 0. The van der Waals surface area contributed by atoms with E-state index in [1.54, 1.807) is 6.26 Å². The van der Waals surface area contributed by atoms with Gasteiger partial charge in [-0.05, 0) is 58.5 Å². The van der Waals surface area contributed by atoms with Crippen LogP contribution in [-0.2, 0) is 19.6 Å². The number of para-hydroxylation sites is 1. The third kappa shape index (κ3) is 4.93. The van der Waals surface area contributed by atoms with Gasteiger partial charge in [0.1, 0.15) is 5.76 Å². The summed E-state index contributed by atoms with van der Waals surface area (Å²) in [5.74, 6) is 1.58. The highest BCUT2D eigenvalue weighted by molar-refractivity contribution is 5.81. The van der Waals surface area contributed by atoms with Gasteiger partial charge in [-0.1, -0.05) is 55.5 Å². The van der Waals surface area contributed by atoms with E-state index in [9.17, 15) is 4.79 Å². The zero-order chi connectivity index (χ0) is 24.2. The number of nitrogens with zero attached hydrogens (tertiary/aromatic N) is 5. The number of fused-ring (bicyclic) bond motifs is 1. The third-order valence-electron chi connectivity index (χ3n) is 6.34. The summed E-state index contributed by atoms with van der Waals surface area (Å²) < 4.78 is 7.51. The van der Waals surface area contributed by atoms with Crippen molar-refractivity contribution >= 4 is 10.9 Å². The molecule has 0 unspecified atom stereocenters. The smallest absolute Gasteiger partial charge is 0.252 e. The van der Waals surface area contributed by atoms with E-state index in [0.29, 0.717) is 25.2 Å². The predicted molar refractivity (Wildman–Crippen MR) is 134 cm³/mol. The second-order valence-corrected chi connectivity index (χ2v) is 8.75. The Morgan fingerprint density at radius 3 is 2.69 bits per heavy atom. The Morgan fingerprint density at radius 2 is 1.91 bits per heavy atom. The van der Waals surface area contributed by atoms with Gasteiger partial charge in [0.2, 0.25) is 0 Å². The molecule has 1 N–H and O–H groups in total. The van der Waals surface area contributed by atoms with Gasteiger partial charge >= 0.3 is 0 Å². The number of rotatable bonds is 9. The van der Waals surface area contributed by atoms with Crippen LogP contribution in [-0.4, -0.2) is 30.1 Å². The van der Waals surface area contributed by atoms with E-state index in [1.165, 1.54) is 0 Å². The molecule has 8 heteroatoms. The molecule has 5 rings (SSSR count). The van der Waals surface area contributed by atoms with Crippen LogP contribution in [0.4, 0.5) is 0 Å². The minimum Gasteiger partial charge on any atom is -0.468 e. The first-order valence-electron chi connectivity index (χ1n) is 11.8. The molecule has 1 atom stereocenters. The minimum atomic E-state index is -0.119. The van der Waals surface area contributed by atoms with Crippen LogP contribution in [0.2, 0.25) is 0 Å². The lowest BCUT2D eigenvalue weighted by Gasteiger charge is -2.29. The molecular weight excluding hydrogens is 440 g/mol. The van der Waals surface area contributed by atoms with Crippen molar-refractivity contribution in [2.24, 2.45) is 0 Å². The summed E-state index contributed by atoms with van der Waals surface area (Å²) in [5.41, 5.74) is 3.64. The molecule has 0 aliphatic heterocycles. The van der Waals surface area contributed by atoms with Crippen molar-refractivity contribution in [3.05, 3.63) is 112 Å². The lowest BCUT2D eigenvalue weighted by Crippen LogP contribution is -2.32. The lowest BCUT2D eigenvalue weighted by molar-refractivity contribution is 0.149. The summed E-state index contributed by atoms with van der Waals surface area (Å²) in [6.07, 6.45) is 2.43. The molecule has 3 aromatic heterocycles. The molecular formula is C27H28N6O2. The highest BCUT2D eigenvalue weighted by Crippen LogP contribution is 2.27. The van der Waals surface area contributed by atoms with E-state index >= 15 is 0 Å². The zero-order valence-electron chi connectivity index (χ0n) is 19.9. The van der Waals surface area contributed by atoms with Crippen molar-refractivity contribution in [3.63, 3.8) is 0 Å². The number of H-pyrrole nitrogens is 1. The van der Waals surface area contributed by atoms with Crippen molar-refractivity contribution in [2.75, 3.05) is 0 Å². The Labute approximate surface area is 203 Å². The van der Waals surface area contributed by atoms with Crippen LogP contribution in [0.3, 0.4) is 0 Å². The maximum absolute atomic E-state index is 13.1. The van der Waals surface area contributed by atoms with Crippen molar-refractivity contribution in [1.82, 2.24) is 30.1 Å². The van der Waals surface area contributed by atoms with Crippen LogP contribution in [0.25, 0.3) is 10.9 Å². The molecule has 8 nitrogen and oxygen atoms in total. The van der Waals surface area contributed by atoms with Gasteiger partial charge in [0.05, 0.1) is 30.9 Å². The van der Waals surface area contributed by atoms with Gasteiger partial charge in [-0.15, -0.1) is 5.10 Å². The summed E-state index contributed by atoms with van der Waals surface area (Å²) in [6, 6.07) is 21.8. The number of aromatic amines is 1. The first-order chi connectivity index (χ1) is 17.1. The number of furan rings is 1. The summed E-state index contributed by atoms with van der Waals surface area (Å²) in [5, 5.41) is 13.7. The zero-order valence-corrected chi connectivity index (χ0v) is 19.9. The van der Waals surface area contributed by atoms with Crippen molar-refractivity contribution in [1.29, 1.82) is 0 Å². The Hall–Kier alpha value is -4.04. The van der Waals surface area contributed by atoms with E-state index in [4.69, 9.17) is 4.42 Å². The first kappa shape index (κ1) is 22.7. The molecule has 35 heavy (non-hydrogen) atoms. The first-order valence-corrected chi connectivity index (χ1v) is 11.8. The standard InChI is InChI=1S/C27H28N6O2/c1-3-24(26-29-30-31-33(26)16-20-10-5-4-6-11-20)32(18-23-13-8-14-35-23)17-22-15-21-12-7-9-19(2)25(21)28-27(22)34/h4-15,24H,3,16-18H2,1-2H3,(H,28,34)/t24-/m0/s1. The molecule has 0 bridgehead atoms.